The lowest BCUT2D eigenvalue weighted by Gasteiger charge is -2.10. The lowest BCUT2D eigenvalue weighted by molar-refractivity contribution is 0.222. The predicted octanol–water partition coefficient (Wildman–Crippen LogP) is 2.62. The van der Waals surface area contributed by atoms with E-state index in [-0.39, 0.29) is 18.1 Å². The molecule has 0 amide bonds. The highest BCUT2D eigenvalue weighted by Gasteiger charge is 2.06. The van der Waals surface area contributed by atoms with Crippen molar-refractivity contribution in [3.8, 4) is 6.01 Å². The monoisotopic (exact) mass is 267 g/mol. The molecule has 19 heavy (non-hydrogen) atoms. The molecule has 0 aromatic carbocycles. The quantitative estimate of drug-likeness (QED) is 0.669. The molecule has 6 nitrogen and oxygen atoms in total. The summed E-state index contributed by atoms with van der Waals surface area (Å²) in [5, 5.41) is 3.15. The van der Waals surface area contributed by atoms with Crippen LogP contribution in [0.2, 0.25) is 0 Å². The first-order valence-electron chi connectivity index (χ1n) is 7.04. The van der Waals surface area contributed by atoms with Gasteiger partial charge in [-0.1, -0.05) is 32.6 Å². The summed E-state index contributed by atoms with van der Waals surface area (Å²) in [6, 6.07) is 0.274. The first-order chi connectivity index (χ1) is 9.11. The summed E-state index contributed by atoms with van der Waals surface area (Å²) in [7, 11) is 0. The summed E-state index contributed by atoms with van der Waals surface area (Å²) in [5.41, 5.74) is 5.62. The van der Waals surface area contributed by atoms with Crippen LogP contribution >= 0.6 is 0 Å². The molecule has 0 unspecified atom stereocenters. The molecule has 0 fully saturated rings. The van der Waals surface area contributed by atoms with Crippen LogP contribution in [-0.4, -0.2) is 27.6 Å². The topological polar surface area (TPSA) is 86.0 Å². The number of unbranched alkanes of at least 4 members (excludes halogenated alkanes) is 4. The molecular formula is C13H25N5O. The number of aromatic nitrogens is 3. The van der Waals surface area contributed by atoms with Crippen LogP contribution in [0.5, 0.6) is 6.01 Å². The van der Waals surface area contributed by atoms with Crippen molar-refractivity contribution in [2.24, 2.45) is 0 Å². The second-order valence-corrected chi connectivity index (χ2v) is 4.81. The largest absolute Gasteiger partial charge is 0.461 e. The molecule has 3 N–H and O–H groups in total. The van der Waals surface area contributed by atoms with E-state index in [0.717, 1.165) is 13.0 Å². The lowest BCUT2D eigenvalue weighted by atomic mass is 10.1. The third kappa shape index (κ3) is 6.79. The van der Waals surface area contributed by atoms with Crippen molar-refractivity contribution in [3.63, 3.8) is 0 Å². The number of ether oxygens (including phenoxy) is 1. The van der Waals surface area contributed by atoms with Gasteiger partial charge in [-0.05, 0) is 20.3 Å². The first kappa shape index (κ1) is 15.5. The summed E-state index contributed by atoms with van der Waals surface area (Å²) in [5.74, 6) is 0.665. The number of rotatable bonds is 9. The maximum Gasteiger partial charge on any atom is 0.323 e. The maximum absolute atomic E-state index is 5.62. The van der Waals surface area contributed by atoms with E-state index in [1.165, 1.54) is 25.7 Å². The van der Waals surface area contributed by atoms with Gasteiger partial charge in [-0.3, -0.25) is 0 Å². The van der Waals surface area contributed by atoms with Gasteiger partial charge in [0.1, 0.15) is 0 Å². The standard InChI is InChI=1S/C13H25N5O/c1-4-5-6-7-8-9-15-12-16-11(14)17-13(18-12)19-10(2)3/h10H,4-9H2,1-3H3,(H3,14,15,16,17,18). The summed E-state index contributed by atoms with van der Waals surface area (Å²) in [6.45, 7) is 6.89. The van der Waals surface area contributed by atoms with E-state index in [4.69, 9.17) is 10.5 Å². The Morgan fingerprint density at radius 1 is 1.11 bits per heavy atom. The third-order valence-corrected chi connectivity index (χ3v) is 2.54. The lowest BCUT2D eigenvalue weighted by Crippen LogP contribution is -2.13. The van der Waals surface area contributed by atoms with Crippen molar-refractivity contribution in [2.75, 3.05) is 17.6 Å². The zero-order chi connectivity index (χ0) is 14.1. The van der Waals surface area contributed by atoms with E-state index in [0.29, 0.717) is 5.95 Å². The van der Waals surface area contributed by atoms with E-state index in [1.807, 2.05) is 13.8 Å². The Balaban J connectivity index is 2.38. The molecule has 0 aliphatic carbocycles. The summed E-state index contributed by atoms with van der Waals surface area (Å²) >= 11 is 0. The van der Waals surface area contributed by atoms with E-state index in [9.17, 15) is 0 Å². The molecule has 0 spiro atoms. The van der Waals surface area contributed by atoms with E-state index in [2.05, 4.69) is 27.2 Å². The van der Waals surface area contributed by atoms with Crippen molar-refractivity contribution < 1.29 is 4.74 Å². The molecule has 108 valence electrons. The molecule has 0 bridgehead atoms. The summed E-state index contributed by atoms with van der Waals surface area (Å²) < 4.78 is 5.41. The molecule has 0 aliphatic heterocycles. The minimum Gasteiger partial charge on any atom is -0.461 e. The van der Waals surface area contributed by atoms with Crippen LogP contribution in [0.25, 0.3) is 0 Å². The van der Waals surface area contributed by atoms with Gasteiger partial charge in [-0.25, -0.2) is 0 Å². The molecule has 0 aliphatic rings. The highest BCUT2D eigenvalue weighted by Crippen LogP contribution is 2.11. The molecule has 0 saturated heterocycles. The van der Waals surface area contributed by atoms with Gasteiger partial charge in [0.25, 0.3) is 0 Å². The van der Waals surface area contributed by atoms with Gasteiger partial charge in [0.15, 0.2) is 0 Å². The average Bonchev–Trinajstić information content (AvgIpc) is 2.32. The fraction of sp³-hybridized carbons (Fsp3) is 0.769. The number of nitrogens with two attached hydrogens (primary N) is 1. The third-order valence-electron chi connectivity index (χ3n) is 2.54. The van der Waals surface area contributed by atoms with Crippen LogP contribution in [0, 0.1) is 0 Å². The Morgan fingerprint density at radius 2 is 1.84 bits per heavy atom. The molecule has 1 aromatic heterocycles. The second-order valence-electron chi connectivity index (χ2n) is 4.81. The zero-order valence-corrected chi connectivity index (χ0v) is 12.1. The van der Waals surface area contributed by atoms with Gasteiger partial charge in [-0.2, -0.15) is 15.0 Å². The van der Waals surface area contributed by atoms with Crippen molar-refractivity contribution in [3.05, 3.63) is 0 Å². The van der Waals surface area contributed by atoms with Crippen molar-refractivity contribution >= 4 is 11.9 Å². The number of hydrogen-bond donors (Lipinski definition) is 2. The highest BCUT2D eigenvalue weighted by molar-refractivity contribution is 5.32. The normalized spacial score (nSPS) is 10.7. The van der Waals surface area contributed by atoms with Crippen LogP contribution < -0.4 is 15.8 Å². The van der Waals surface area contributed by atoms with Crippen molar-refractivity contribution in [2.45, 2.75) is 59.0 Å². The van der Waals surface area contributed by atoms with Gasteiger partial charge < -0.3 is 15.8 Å². The molecule has 1 rings (SSSR count). The van der Waals surface area contributed by atoms with Crippen LogP contribution in [0.15, 0.2) is 0 Å². The molecular weight excluding hydrogens is 242 g/mol. The number of hydrogen-bond acceptors (Lipinski definition) is 6. The number of nitrogen functional groups attached to an aromatic ring is 1. The Morgan fingerprint density at radius 3 is 2.53 bits per heavy atom. The summed E-state index contributed by atoms with van der Waals surface area (Å²) in [4.78, 5) is 12.1. The zero-order valence-electron chi connectivity index (χ0n) is 12.1. The Bertz CT molecular complexity index is 370. The molecule has 1 heterocycles. The molecule has 1 aromatic rings. The van der Waals surface area contributed by atoms with Crippen LogP contribution in [0.4, 0.5) is 11.9 Å². The molecule has 0 radical (unpaired) electrons. The fourth-order valence-corrected chi connectivity index (χ4v) is 1.64. The smallest absolute Gasteiger partial charge is 0.323 e. The first-order valence-corrected chi connectivity index (χ1v) is 7.04. The van der Waals surface area contributed by atoms with Gasteiger partial charge in [0.05, 0.1) is 6.10 Å². The average molecular weight is 267 g/mol. The number of nitrogens with zero attached hydrogens (tertiary/aromatic N) is 3. The number of anilines is 2. The molecule has 0 atom stereocenters. The minimum atomic E-state index is 0.0173. The SMILES string of the molecule is CCCCCCCNc1nc(N)nc(OC(C)C)n1. The molecule has 0 saturated carbocycles. The molecule has 6 heteroatoms. The van der Waals surface area contributed by atoms with E-state index in [1.54, 1.807) is 0 Å². The summed E-state index contributed by atoms with van der Waals surface area (Å²) in [6.07, 6.45) is 6.17. The van der Waals surface area contributed by atoms with E-state index < -0.39 is 0 Å². The Kier molecular flexibility index (Phi) is 6.92. The number of nitrogens with one attached hydrogen (secondary N) is 1. The van der Waals surface area contributed by atoms with Crippen LogP contribution in [0.3, 0.4) is 0 Å². The predicted molar refractivity (Wildman–Crippen MR) is 77.3 cm³/mol. The second kappa shape index (κ2) is 8.50. The fourth-order valence-electron chi connectivity index (χ4n) is 1.64. The van der Waals surface area contributed by atoms with Crippen molar-refractivity contribution in [1.29, 1.82) is 0 Å². The van der Waals surface area contributed by atoms with Gasteiger partial charge in [0, 0.05) is 6.54 Å². The maximum atomic E-state index is 5.62. The van der Waals surface area contributed by atoms with Gasteiger partial charge in [-0.15, -0.1) is 0 Å². The van der Waals surface area contributed by atoms with Crippen LogP contribution in [0.1, 0.15) is 52.9 Å². The van der Waals surface area contributed by atoms with Gasteiger partial charge in [0.2, 0.25) is 11.9 Å². The Labute approximate surface area is 115 Å². The minimum absolute atomic E-state index is 0.0173. The highest BCUT2D eigenvalue weighted by atomic mass is 16.5. The van der Waals surface area contributed by atoms with Crippen LogP contribution in [-0.2, 0) is 0 Å². The van der Waals surface area contributed by atoms with E-state index >= 15 is 0 Å². The Hall–Kier alpha value is -1.59. The van der Waals surface area contributed by atoms with Crippen molar-refractivity contribution in [1.82, 2.24) is 15.0 Å². The van der Waals surface area contributed by atoms with Gasteiger partial charge >= 0.3 is 6.01 Å².